The fourth-order valence-electron chi connectivity index (χ4n) is 4.65. The van der Waals surface area contributed by atoms with Crippen LogP contribution >= 0.6 is 37.9 Å². The first-order chi connectivity index (χ1) is 26.0. The molecular formula is C32H55N9O12S3. The van der Waals surface area contributed by atoms with Crippen LogP contribution in [0.1, 0.15) is 60.3 Å². The highest BCUT2D eigenvalue weighted by Gasteiger charge is 2.34. The molecule has 0 spiro atoms. The van der Waals surface area contributed by atoms with E-state index in [1.807, 2.05) is 0 Å². The van der Waals surface area contributed by atoms with E-state index < -0.39 is 120 Å². The Morgan fingerprint density at radius 1 is 0.554 bits per heavy atom. The van der Waals surface area contributed by atoms with Crippen molar-refractivity contribution in [2.45, 2.75) is 109 Å². The SMILES string of the molecule is CC(C)C[C@H](NC(=O)[C@@H](N)CCC(=O)O)C(=O)N[C@@H](CS)C(=O)N[C@@H](CS)C(=O)N[C@@H](CC(N)=O)C(=O)N[C@H](C(=O)N[C@@H](C)C(=O)N[C@@H](CS)C(=O)O)C(C)C. The number of nitrogens with two attached hydrogens (primary N) is 2. The Morgan fingerprint density at radius 3 is 1.39 bits per heavy atom. The van der Waals surface area contributed by atoms with Crippen molar-refractivity contribution in [3.05, 3.63) is 0 Å². The molecule has 13 N–H and O–H groups in total. The summed E-state index contributed by atoms with van der Waals surface area (Å²) in [5.41, 5.74) is 11.1. The van der Waals surface area contributed by atoms with E-state index in [0.717, 1.165) is 0 Å². The molecule has 0 unspecified atom stereocenters. The van der Waals surface area contributed by atoms with Gasteiger partial charge in [0.15, 0.2) is 0 Å². The lowest BCUT2D eigenvalue weighted by Crippen LogP contribution is -2.61. The van der Waals surface area contributed by atoms with Crippen molar-refractivity contribution in [1.29, 1.82) is 0 Å². The van der Waals surface area contributed by atoms with E-state index in [-0.39, 0.29) is 42.4 Å². The van der Waals surface area contributed by atoms with Crippen molar-refractivity contribution < 1.29 is 58.2 Å². The fourth-order valence-corrected chi connectivity index (χ4v) is 5.41. The lowest BCUT2D eigenvalue weighted by molar-refractivity contribution is -0.141. The average molecular weight is 854 g/mol. The molecule has 0 aromatic heterocycles. The van der Waals surface area contributed by atoms with E-state index >= 15 is 0 Å². The van der Waals surface area contributed by atoms with Crippen molar-refractivity contribution in [1.82, 2.24) is 37.2 Å². The van der Waals surface area contributed by atoms with Gasteiger partial charge in [0.1, 0.15) is 42.3 Å². The zero-order chi connectivity index (χ0) is 43.4. The monoisotopic (exact) mass is 853 g/mol. The van der Waals surface area contributed by atoms with Crippen molar-refractivity contribution in [2.75, 3.05) is 17.3 Å². The standard InChI is InChI=1S/C32H55N9O12S3/c1-13(2)8-17(36-26(46)16(33)6-7-23(43)44)27(47)38-20(11-55)30(50)39-19(10-54)29(49)37-18(9-22(34)42)28(48)41-24(14(3)4)31(51)35-15(5)25(45)40-21(12-56)32(52)53/h13-21,24,54-56H,6-12,33H2,1-5H3,(H2,34,42)(H,35,51)(H,36,46)(H,37,49)(H,38,47)(H,39,50)(H,40,45)(H,41,48)(H,43,44)(H,52,53)/t15-,16-,17-,18-,19-,20-,21-,24-/m0/s1. The molecule has 0 aromatic rings. The molecule has 0 aliphatic rings. The number of hydrogen-bond acceptors (Lipinski definition) is 14. The molecule has 21 nitrogen and oxygen atoms in total. The summed E-state index contributed by atoms with van der Waals surface area (Å²) in [5, 5.41) is 34.6. The average Bonchev–Trinajstić information content (AvgIpc) is 3.10. The maximum atomic E-state index is 13.4. The molecule has 8 amide bonds. The lowest BCUT2D eigenvalue weighted by Gasteiger charge is -2.28. The van der Waals surface area contributed by atoms with E-state index in [2.05, 4.69) is 75.1 Å². The third-order valence-corrected chi connectivity index (χ3v) is 8.91. The van der Waals surface area contributed by atoms with Crippen molar-refractivity contribution >= 4 is 97.1 Å². The predicted molar refractivity (Wildman–Crippen MR) is 211 cm³/mol. The molecule has 0 bridgehead atoms. The van der Waals surface area contributed by atoms with Crippen molar-refractivity contribution in [2.24, 2.45) is 23.3 Å². The van der Waals surface area contributed by atoms with Crippen LogP contribution in [0.4, 0.5) is 0 Å². The number of carbonyl (C=O) groups is 10. The molecule has 0 saturated heterocycles. The van der Waals surface area contributed by atoms with Gasteiger partial charge in [0.25, 0.3) is 0 Å². The van der Waals surface area contributed by atoms with Gasteiger partial charge in [-0.25, -0.2) is 4.79 Å². The van der Waals surface area contributed by atoms with Crippen LogP contribution in [0.3, 0.4) is 0 Å². The number of thiol groups is 3. The second-order valence-corrected chi connectivity index (χ2v) is 14.6. The van der Waals surface area contributed by atoms with Gasteiger partial charge in [0.2, 0.25) is 47.3 Å². The minimum absolute atomic E-state index is 0.117. The summed E-state index contributed by atoms with van der Waals surface area (Å²) in [6.45, 7) is 7.92. The molecule has 0 radical (unpaired) electrons. The first-order valence-corrected chi connectivity index (χ1v) is 19.3. The molecule has 0 aliphatic carbocycles. The minimum Gasteiger partial charge on any atom is -0.481 e. The number of hydrogen-bond donors (Lipinski definition) is 14. The predicted octanol–water partition coefficient (Wildman–Crippen LogP) is -3.96. The van der Waals surface area contributed by atoms with Gasteiger partial charge in [0, 0.05) is 23.7 Å². The van der Waals surface area contributed by atoms with Crippen LogP contribution < -0.4 is 48.7 Å². The quantitative estimate of drug-likeness (QED) is 0.0370. The second kappa shape index (κ2) is 25.8. The number of carboxylic acids is 2. The smallest absolute Gasteiger partial charge is 0.327 e. The Kier molecular flexibility index (Phi) is 23.8. The molecule has 318 valence electrons. The van der Waals surface area contributed by atoms with Crippen LogP contribution in [0.25, 0.3) is 0 Å². The highest BCUT2D eigenvalue weighted by atomic mass is 32.1. The van der Waals surface area contributed by atoms with Crippen LogP contribution in [0.15, 0.2) is 0 Å². The molecule has 0 rings (SSSR count). The molecule has 8 atom stereocenters. The van der Waals surface area contributed by atoms with E-state index in [1.54, 1.807) is 27.7 Å². The Labute approximate surface area is 340 Å². The Bertz CT molecular complexity index is 1440. The van der Waals surface area contributed by atoms with Gasteiger partial charge in [-0.05, 0) is 31.6 Å². The molecule has 0 aromatic carbocycles. The third-order valence-electron chi connectivity index (χ3n) is 7.81. The van der Waals surface area contributed by atoms with Gasteiger partial charge in [-0.3, -0.25) is 43.2 Å². The first-order valence-electron chi connectivity index (χ1n) is 17.4. The lowest BCUT2D eigenvalue weighted by atomic mass is 10.0. The van der Waals surface area contributed by atoms with Crippen molar-refractivity contribution in [3.63, 3.8) is 0 Å². The maximum Gasteiger partial charge on any atom is 0.327 e. The van der Waals surface area contributed by atoms with E-state index in [9.17, 15) is 47.9 Å². The molecule has 24 heteroatoms. The summed E-state index contributed by atoms with van der Waals surface area (Å²) in [5.74, 6) is -11.3. The van der Waals surface area contributed by atoms with Gasteiger partial charge in [0.05, 0.1) is 12.5 Å². The van der Waals surface area contributed by atoms with Crippen LogP contribution in [0.5, 0.6) is 0 Å². The second-order valence-electron chi connectivity index (χ2n) is 13.5. The van der Waals surface area contributed by atoms with Crippen LogP contribution in [0, 0.1) is 11.8 Å². The Morgan fingerprint density at radius 2 is 0.982 bits per heavy atom. The molecule has 56 heavy (non-hydrogen) atoms. The molecular weight excluding hydrogens is 799 g/mol. The number of aliphatic carboxylic acids is 2. The van der Waals surface area contributed by atoms with Crippen LogP contribution in [0.2, 0.25) is 0 Å². The fraction of sp³-hybridized carbons (Fsp3) is 0.688. The summed E-state index contributed by atoms with van der Waals surface area (Å²) >= 11 is 12.1. The summed E-state index contributed by atoms with van der Waals surface area (Å²) in [7, 11) is 0. The van der Waals surface area contributed by atoms with Gasteiger partial charge >= 0.3 is 11.9 Å². The minimum atomic E-state index is -1.66. The summed E-state index contributed by atoms with van der Waals surface area (Å²) in [4.78, 5) is 125. The van der Waals surface area contributed by atoms with E-state index in [4.69, 9.17) is 21.7 Å². The number of carbonyl (C=O) groups excluding carboxylic acids is 8. The zero-order valence-electron chi connectivity index (χ0n) is 31.7. The van der Waals surface area contributed by atoms with E-state index in [0.29, 0.717) is 0 Å². The Hall–Kier alpha value is -4.29. The van der Waals surface area contributed by atoms with Gasteiger partial charge in [-0.1, -0.05) is 27.7 Å². The van der Waals surface area contributed by atoms with Gasteiger partial charge in [-0.15, -0.1) is 0 Å². The topological polar surface area (TPSA) is 347 Å². The molecule has 0 aliphatic heterocycles. The Balaban J connectivity index is 5.84. The van der Waals surface area contributed by atoms with Crippen LogP contribution in [-0.4, -0.2) is 135 Å². The highest BCUT2D eigenvalue weighted by molar-refractivity contribution is 7.80. The van der Waals surface area contributed by atoms with Crippen LogP contribution in [-0.2, 0) is 47.9 Å². The highest BCUT2D eigenvalue weighted by Crippen LogP contribution is 2.08. The molecule has 0 saturated carbocycles. The summed E-state index contributed by atoms with van der Waals surface area (Å²) in [6, 6.07) is -10.8. The number of primary amides is 1. The van der Waals surface area contributed by atoms with Gasteiger partial charge in [-0.2, -0.15) is 37.9 Å². The number of rotatable bonds is 26. The molecule has 0 heterocycles. The maximum absolute atomic E-state index is 13.4. The van der Waals surface area contributed by atoms with Gasteiger partial charge < -0.3 is 58.9 Å². The normalized spacial score (nSPS) is 15.3. The van der Waals surface area contributed by atoms with Crippen molar-refractivity contribution in [3.8, 4) is 0 Å². The largest absolute Gasteiger partial charge is 0.481 e. The molecule has 0 fully saturated rings. The summed E-state index contributed by atoms with van der Waals surface area (Å²) in [6.07, 6.45) is -1.19. The number of nitrogens with one attached hydrogen (secondary N) is 7. The first kappa shape index (κ1) is 51.7. The summed E-state index contributed by atoms with van der Waals surface area (Å²) < 4.78 is 0. The number of carboxylic acid groups (broad SMARTS) is 2. The zero-order valence-corrected chi connectivity index (χ0v) is 34.4. The number of amides is 8. The third kappa shape index (κ3) is 19.0. The van der Waals surface area contributed by atoms with E-state index in [1.165, 1.54) is 6.92 Å².